The third-order valence-electron chi connectivity index (χ3n) is 4.53. The van der Waals surface area contributed by atoms with Crippen molar-refractivity contribution in [2.45, 2.75) is 38.1 Å². The second kappa shape index (κ2) is 6.44. The van der Waals surface area contributed by atoms with Crippen LogP contribution in [0.3, 0.4) is 0 Å². The normalized spacial score (nSPS) is 34.5. The molecule has 0 unspecified atom stereocenters. The molecule has 96 valence electrons. The van der Waals surface area contributed by atoms with Crippen LogP contribution in [0.2, 0.25) is 0 Å². The largest absolute Gasteiger partial charge is 0.315 e. The van der Waals surface area contributed by atoms with Crippen LogP contribution in [-0.2, 0) is 0 Å². The minimum Gasteiger partial charge on any atom is -0.315 e. The molecule has 1 saturated carbocycles. The lowest BCUT2D eigenvalue weighted by molar-refractivity contribution is 0.214. The third kappa shape index (κ3) is 2.84. The molecule has 0 aromatic carbocycles. The molecular formula is C12H24Cl2N2. The highest BCUT2D eigenvalue weighted by Gasteiger charge is 2.38. The topological polar surface area (TPSA) is 15.3 Å². The predicted molar refractivity (Wildman–Crippen MR) is 72.8 cm³/mol. The van der Waals surface area contributed by atoms with E-state index < -0.39 is 0 Å². The van der Waals surface area contributed by atoms with Crippen molar-refractivity contribution < 1.29 is 0 Å². The van der Waals surface area contributed by atoms with Crippen molar-refractivity contribution in [3.63, 3.8) is 0 Å². The zero-order valence-corrected chi connectivity index (χ0v) is 11.5. The molecule has 3 fully saturated rings. The molecule has 2 aliphatic heterocycles. The molecule has 1 N–H and O–H groups in total. The van der Waals surface area contributed by atoms with Gasteiger partial charge in [-0.15, -0.1) is 24.8 Å². The number of fused-ring (bicyclic) bond motifs is 1. The summed E-state index contributed by atoms with van der Waals surface area (Å²) in [6.45, 7) is 5.33. The van der Waals surface area contributed by atoms with Crippen LogP contribution >= 0.6 is 24.8 Å². The van der Waals surface area contributed by atoms with E-state index >= 15 is 0 Å². The number of halogens is 2. The maximum absolute atomic E-state index is 3.54. The molecule has 2 heterocycles. The number of nitrogens with one attached hydrogen (secondary N) is 1. The van der Waals surface area contributed by atoms with Gasteiger partial charge in [-0.2, -0.15) is 0 Å². The highest BCUT2D eigenvalue weighted by atomic mass is 35.5. The van der Waals surface area contributed by atoms with Crippen LogP contribution in [0.4, 0.5) is 0 Å². The van der Waals surface area contributed by atoms with Gasteiger partial charge in [0, 0.05) is 19.1 Å². The lowest BCUT2D eigenvalue weighted by atomic mass is 10.0. The molecule has 2 atom stereocenters. The second-order valence-electron chi connectivity index (χ2n) is 5.42. The van der Waals surface area contributed by atoms with Gasteiger partial charge in [-0.25, -0.2) is 0 Å². The number of nitrogens with zero attached hydrogens (tertiary/aromatic N) is 1. The molecule has 0 spiro atoms. The standard InChI is InChI=1S/C12H22N2.2ClH/c1-2-4-10(3-1)9-14-6-5-11-7-13-8-12(11)14;;/h10-13H,1-9H2;2*1H/t11-,12+;;/m0../s1. The van der Waals surface area contributed by atoms with Crippen molar-refractivity contribution in [1.82, 2.24) is 10.2 Å². The fourth-order valence-electron chi connectivity index (χ4n) is 3.69. The van der Waals surface area contributed by atoms with Crippen LogP contribution in [0.1, 0.15) is 32.1 Å². The smallest absolute Gasteiger partial charge is 0.0261 e. The van der Waals surface area contributed by atoms with Crippen molar-refractivity contribution in [3.05, 3.63) is 0 Å². The highest BCUT2D eigenvalue weighted by Crippen LogP contribution is 2.31. The van der Waals surface area contributed by atoms with Gasteiger partial charge in [0.05, 0.1) is 0 Å². The molecule has 0 radical (unpaired) electrons. The van der Waals surface area contributed by atoms with E-state index in [1.165, 1.54) is 58.3 Å². The van der Waals surface area contributed by atoms with Crippen molar-refractivity contribution in [3.8, 4) is 0 Å². The Hall–Kier alpha value is 0.500. The Morgan fingerprint density at radius 1 is 1.00 bits per heavy atom. The van der Waals surface area contributed by atoms with Gasteiger partial charge in [-0.1, -0.05) is 12.8 Å². The van der Waals surface area contributed by atoms with Crippen LogP contribution in [-0.4, -0.2) is 37.1 Å². The first-order chi connectivity index (χ1) is 6.93. The zero-order chi connectivity index (χ0) is 9.38. The predicted octanol–water partition coefficient (Wildman–Crippen LogP) is 2.31. The van der Waals surface area contributed by atoms with Gasteiger partial charge >= 0.3 is 0 Å². The zero-order valence-electron chi connectivity index (χ0n) is 9.86. The lowest BCUT2D eigenvalue weighted by Gasteiger charge is -2.26. The minimum absolute atomic E-state index is 0. The monoisotopic (exact) mass is 266 g/mol. The maximum Gasteiger partial charge on any atom is 0.0261 e. The minimum atomic E-state index is 0. The van der Waals surface area contributed by atoms with Crippen molar-refractivity contribution >= 4 is 24.8 Å². The van der Waals surface area contributed by atoms with Gasteiger partial charge in [0.25, 0.3) is 0 Å². The molecule has 0 bridgehead atoms. The average molecular weight is 267 g/mol. The average Bonchev–Trinajstić information content (AvgIpc) is 2.85. The Morgan fingerprint density at radius 3 is 2.50 bits per heavy atom. The SMILES string of the molecule is C1CCC(CN2CC[C@H]3CNC[C@H]32)C1.Cl.Cl. The van der Waals surface area contributed by atoms with E-state index in [0.717, 1.165) is 17.9 Å². The van der Waals surface area contributed by atoms with Crippen LogP contribution in [0.5, 0.6) is 0 Å². The van der Waals surface area contributed by atoms with Gasteiger partial charge in [0.1, 0.15) is 0 Å². The van der Waals surface area contributed by atoms with E-state index in [0.29, 0.717) is 0 Å². The number of hydrogen-bond donors (Lipinski definition) is 1. The Kier molecular flexibility index (Phi) is 5.86. The summed E-state index contributed by atoms with van der Waals surface area (Å²) in [4.78, 5) is 2.78. The van der Waals surface area contributed by atoms with E-state index in [2.05, 4.69) is 10.2 Å². The molecule has 0 aromatic heterocycles. The molecule has 16 heavy (non-hydrogen) atoms. The maximum atomic E-state index is 3.54. The van der Waals surface area contributed by atoms with E-state index in [9.17, 15) is 0 Å². The fourth-order valence-corrected chi connectivity index (χ4v) is 3.69. The van der Waals surface area contributed by atoms with E-state index in [1.54, 1.807) is 0 Å². The quantitative estimate of drug-likeness (QED) is 0.826. The molecule has 2 saturated heterocycles. The first-order valence-electron chi connectivity index (χ1n) is 6.38. The first kappa shape index (κ1) is 14.6. The van der Waals surface area contributed by atoms with Gasteiger partial charge in [0.2, 0.25) is 0 Å². The summed E-state index contributed by atoms with van der Waals surface area (Å²) < 4.78 is 0. The van der Waals surface area contributed by atoms with Gasteiger partial charge < -0.3 is 5.32 Å². The summed E-state index contributed by atoms with van der Waals surface area (Å²) in [5.41, 5.74) is 0. The summed E-state index contributed by atoms with van der Waals surface area (Å²) in [5, 5.41) is 3.54. The molecule has 2 nitrogen and oxygen atoms in total. The van der Waals surface area contributed by atoms with Crippen LogP contribution < -0.4 is 5.32 Å². The van der Waals surface area contributed by atoms with Crippen molar-refractivity contribution in [2.75, 3.05) is 26.2 Å². The number of likely N-dealkylation sites (tertiary alicyclic amines) is 1. The van der Waals surface area contributed by atoms with Crippen LogP contribution in [0, 0.1) is 11.8 Å². The Morgan fingerprint density at radius 2 is 1.75 bits per heavy atom. The van der Waals surface area contributed by atoms with Crippen LogP contribution in [0.25, 0.3) is 0 Å². The molecule has 0 amide bonds. The number of hydrogen-bond acceptors (Lipinski definition) is 2. The highest BCUT2D eigenvalue weighted by molar-refractivity contribution is 5.85. The van der Waals surface area contributed by atoms with Crippen LogP contribution in [0.15, 0.2) is 0 Å². The molecule has 3 aliphatic rings. The number of rotatable bonds is 2. The summed E-state index contributed by atoms with van der Waals surface area (Å²) in [5.74, 6) is 2.02. The Labute approximate surface area is 111 Å². The molecule has 1 aliphatic carbocycles. The van der Waals surface area contributed by atoms with Gasteiger partial charge in [-0.05, 0) is 44.2 Å². The first-order valence-corrected chi connectivity index (χ1v) is 6.38. The second-order valence-corrected chi connectivity index (χ2v) is 5.42. The summed E-state index contributed by atoms with van der Waals surface area (Å²) >= 11 is 0. The molecule has 4 heteroatoms. The third-order valence-corrected chi connectivity index (χ3v) is 4.53. The Balaban J connectivity index is 0.000000640. The van der Waals surface area contributed by atoms with Gasteiger partial charge in [-0.3, -0.25) is 4.90 Å². The Bertz CT molecular complexity index is 207. The van der Waals surface area contributed by atoms with E-state index in [1.807, 2.05) is 0 Å². The summed E-state index contributed by atoms with van der Waals surface area (Å²) in [6, 6.07) is 0.899. The fraction of sp³-hybridized carbons (Fsp3) is 1.00. The van der Waals surface area contributed by atoms with Gasteiger partial charge in [0.15, 0.2) is 0 Å². The molecular weight excluding hydrogens is 243 g/mol. The molecule has 0 aromatic rings. The summed E-state index contributed by atoms with van der Waals surface area (Å²) in [6.07, 6.45) is 7.43. The van der Waals surface area contributed by atoms with E-state index in [4.69, 9.17) is 0 Å². The van der Waals surface area contributed by atoms with Crippen molar-refractivity contribution in [2.24, 2.45) is 11.8 Å². The van der Waals surface area contributed by atoms with E-state index in [-0.39, 0.29) is 24.8 Å². The molecule has 3 rings (SSSR count). The van der Waals surface area contributed by atoms with Crippen molar-refractivity contribution in [1.29, 1.82) is 0 Å². The lowest BCUT2D eigenvalue weighted by Crippen LogP contribution is -2.37. The summed E-state index contributed by atoms with van der Waals surface area (Å²) in [7, 11) is 0.